The van der Waals surface area contributed by atoms with Gasteiger partial charge in [-0.1, -0.05) is 6.07 Å². The minimum absolute atomic E-state index is 0.230. The van der Waals surface area contributed by atoms with Crippen molar-refractivity contribution in [3.05, 3.63) is 29.0 Å². The third-order valence-corrected chi connectivity index (χ3v) is 2.41. The van der Waals surface area contributed by atoms with Gasteiger partial charge in [0.15, 0.2) is 0 Å². The van der Waals surface area contributed by atoms with Crippen LogP contribution in [0.15, 0.2) is 18.2 Å². The van der Waals surface area contributed by atoms with Crippen molar-refractivity contribution in [2.75, 3.05) is 0 Å². The molecular formula is C8H6FNS. The molecule has 1 heterocycles. The highest BCUT2D eigenvalue weighted by Crippen LogP contribution is 2.22. The molecule has 3 heteroatoms. The predicted molar refractivity (Wildman–Crippen MR) is 44.3 cm³/mol. The Labute approximate surface area is 67.5 Å². The molecule has 1 aromatic heterocycles. The average Bonchev–Trinajstić information content (AvgIpc) is 2.31. The van der Waals surface area contributed by atoms with E-state index in [1.54, 1.807) is 6.07 Å². The quantitative estimate of drug-likeness (QED) is 0.588. The molecule has 0 unspecified atom stereocenters. The second-order valence-electron chi connectivity index (χ2n) is 2.32. The van der Waals surface area contributed by atoms with E-state index in [4.69, 9.17) is 0 Å². The van der Waals surface area contributed by atoms with Crippen molar-refractivity contribution in [1.29, 1.82) is 0 Å². The Bertz CT molecular complexity index is 394. The van der Waals surface area contributed by atoms with Gasteiger partial charge in [-0.3, -0.25) is 0 Å². The van der Waals surface area contributed by atoms with Gasteiger partial charge in [-0.25, -0.2) is 9.37 Å². The molecule has 0 saturated heterocycles. The maximum Gasteiger partial charge on any atom is 0.150 e. The summed E-state index contributed by atoms with van der Waals surface area (Å²) in [5, 5.41) is 0.908. The van der Waals surface area contributed by atoms with Crippen molar-refractivity contribution in [2.45, 2.75) is 6.92 Å². The molecule has 0 aliphatic carbocycles. The Hall–Kier alpha value is -0.960. The normalized spacial score (nSPS) is 10.7. The molecule has 0 fully saturated rings. The fraction of sp³-hybridized carbons (Fsp3) is 0.125. The van der Waals surface area contributed by atoms with Crippen LogP contribution in [0.3, 0.4) is 0 Å². The van der Waals surface area contributed by atoms with E-state index in [1.807, 2.05) is 13.0 Å². The highest BCUT2D eigenvalue weighted by molar-refractivity contribution is 7.18. The first-order valence-corrected chi connectivity index (χ1v) is 4.10. The lowest BCUT2D eigenvalue weighted by molar-refractivity contribution is 0.637. The van der Waals surface area contributed by atoms with Crippen molar-refractivity contribution in [1.82, 2.24) is 4.98 Å². The van der Waals surface area contributed by atoms with Gasteiger partial charge in [-0.15, -0.1) is 11.3 Å². The Morgan fingerprint density at radius 2 is 2.27 bits per heavy atom. The molecule has 0 N–H and O–H groups in total. The molecule has 1 nitrogen and oxygen atoms in total. The van der Waals surface area contributed by atoms with E-state index in [0.717, 1.165) is 9.71 Å². The SMILES string of the molecule is Cc1nc2c(F)cccc2s1. The van der Waals surface area contributed by atoms with E-state index in [9.17, 15) is 4.39 Å². The molecule has 0 aliphatic rings. The number of nitrogens with zero attached hydrogens (tertiary/aromatic N) is 1. The van der Waals surface area contributed by atoms with Crippen LogP contribution in [0.1, 0.15) is 5.01 Å². The molecule has 56 valence electrons. The van der Waals surface area contributed by atoms with Crippen LogP contribution in [0.2, 0.25) is 0 Å². The number of aromatic nitrogens is 1. The fourth-order valence-electron chi connectivity index (χ4n) is 1.03. The molecule has 0 bridgehead atoms. The highest BCUT2D eigenvalue weighted by Gasteiger charge is 2.03. The topological polar surface area (TPSA) is 12.9 Å². The molecule has 0 amide bonds. The largest absolute Gasteiger partial charge is 0.238 e. The number of thiazole rings is 1. The van der Waals surface area contributed by atoms with Crippen LogP contribution in [0.25, 0.3) is 10.2 Å². The van der Waals surface area contributed by atoms with Crippen LogP contribution in [-0.4, -0.2) is 4.98 Å². The van der Waals surface area contributed by atoms with E-state index in [1.165, 1.54) is 17.4 Å². The minimum Gasteiger partial charge on any atom is -0.238 e. The summed E-state index contributed by atoms with van der Waals surface area (Å²) in [6, 6.07) is 5.01. The Morgan fingerprint density at radius 3 is 3.00 bits per heavy atom. The highest BCUT2D eigenvalue weighted by atomic mass is 32.1. The molecule has 0 aliphatic heterocycles. The van der Waals surface area contributed by atoms with Crippen LogP contribution >= 0.6 is 11.3 Å². The van der Waals surface area contributed by atoms with Gasteiger partial charge in [0.25, 0.3) is 0 Å². The number of hydrogen-bond donors (Lipinski definition) is 0. The van der Waals surface area contributed by atoms with E-state index in [2.05, 4.69) is 4.98 Å². The molecule has 11 heavy (non-hydrogen) atoms. The van der Waals surface area contributed by atoms with Gasteiger partial charge in [0.2, 0.25) is 0 Å². The van der Waals surface area contributed by atoms with Gasteiger partial charge in [0, 0.05) is 0 Å². The van der Waals surface area contributed by atoms with Crippen LogP contribution in [-0.2, 0) is 0 Å². The number of para-hydroxylation sites is 1. The van der Waals surface area contributed by atoms with Gasteiger partial charge < -0.3 is 0 Å². The maximum absolute atomic E-state index is 12.9. The number of hydrogen-bond acceptors (Lipinski definition) is 2. The molecule has 0 saturated carbocycles. The van der Waals surface area contributed by atoms with Crippen LogP contribution in [0, 0.1) is 12.7 Å². The first kappa shape index (κ1) is 6.73. The van der Waals surface area contributed by atoms with Gasteiger partial charge in [-0.2, -0.15) is 0 Å². The van der Waals surface area contributed by atoms with E-state index < -0.39 is 0 Å². The van der Waals surface area contributed by atoms with E-state index >= 15 is 0 Å². The van der Waals surface area contributed by atoms with Gasteiger partial charge >= 0.3 is 0 Å². The number of benzene rings is 1. The molecule has 0 atom stereocenters. The molecule has 2 rings (SSSR count). The van der Waals surface area contributed by atoms with Gasteiger partial charge in [0.05, 0.1) is 9.71 Å². The average molecular weight is 167 g/mol. The molecule has 2 aromatic rings. The molecular weight excluding hydrogens is 161 g/mol. The number of halogens is 1. The third kappa shape index (κ3) is 1.01. The van der Waals surface area contributed by atoms with E-state index in [0.29, 0.717) is 5.52 Å². The van der Waals surface area contributed by atoms with Gasteiger partial charge in [-0.05, 0) is 19.1 Å². The van der Waals surface area contributed by atoms with Gasteiger partial charge in [0.1, 0.15) is 11.3 Å². The van der Waals surface area contributed by atoms with Crippen LogP contribution in [0.5, 0.6) is 0 Å². The second-order valence-corrected chi connectivity index (χ2v) is 3.55. The molecule has 0 spiro atoms. The lowest BCUT2D eigenvalue weighted by Crippen LogP contribution is -1.75. The van der Waals surface area contributed by atoms with Crippen molar-refractivity contribution < 1.29 is 4.39 Å². The van der Waals surface area contributed by atoms with Crippen molar-refractivity contribution >= 4 is 21.6 Å². The van der Waals surface area contributed by atoms with Crippen molar-refractivity contribution in [3.63, 3.8) is 0 Å². The Morgan fingerprint density at radius 1 is 1.45 bits per heavy atom. The summed E-state index contributed by atoms with van der Waals surface area (Å²) in [5.41, 5.74) is 0.495. The standard InChI is InChI=1S/C8H6FNS/c1-5-10-8-6(9)3-2-4-7(8)11-5/h2-4H,1H3. The third-order valence-electron chi connectivity index (χ3n) is 1.48. The molecule has 0 radical (unpaired) electrons. The summed E-state index contributed by atoms with van der Waals surface area (Å²) >= 11 is 1.52. The van der Waals surface area contributed by atoms with Crippen LogP contribution in [0.4, 0.5) is 4.39 Å². The Kier molecular flexibility index (Phi) is 1.39. The first-order valence-electron chi connectivity index (χ1n) is 3.29. The summed E-state index contributed by atoms with van der Waals surface area (Å²) in [4.78, 5) is 4.06. The zero-order chi connectivity index (χ0) is 7.84. The second kappa shape index (κ2) is 2.27. The summed E-state index contributed by atoms with van der Waals surface area (Å²) in [6.07, 6.45) is 0. The Balaban J connectivity index is 2.90. The number of aryl methyl sites for hydroxylation is 1. The number of rotatable bonds is 0. The first-order chi connectivity index (χ1) is 5.27. The lowest BCUT2D eigenvalue weighted by Gasteiger charge is -1.86. The minimum atomic E-state index is -0.230. The predicted octanol–water partition coefficient (Wildman–Crippen LogP) is 2.74. The van der Waals surface area contributed by atoms with E-state index in [-0.39, 0.29) is 5.82 Å². The maximum atomic E-state index is 12.9. The number of fused-ring (bicyclic) bond motifs is 1. The zero-order valence-corrected chi connectivity index (χ0v) is 6.78. The zero-order valence-electron chi connectivity index (χ0n) is 5.97. The summed E-state index contributed by atoms with van der Waals surface area (Å²) in [6.45, 7) is 1.88. The summed E-state index contributed by atoms with van der Waals surface area (Å²) in [5.74, 6) is -0.230. The van der Waals surface area contributed by atoms with Crippen molar-refractivity contribution in [2.24, 2.45) is 0 Å². The summed E-state index contributed by atoms with van der Waals surface area (Å²) < 4.78 is 13.9. The lowest BCUT2D eigenvalue weighted by atomic mass is 10.3. The van der Waals surface area contributed by atoms with Crippen LogP contribution < -0.4 is 0 Å². The smallest absolute Gasteiger partial charge is 0.150 e. The molecule has 1 aromatic carbocycles. The monoisotopic (exact) mass is 167 g/mol. The summed E-state index contributed by atoms with van der Waals surface area (Å²) in [7, 11) is 0. The fourth-order valence-corrected chi connectivity index (χ4v) is 1.87. The van der Waals surface area contributed by atoms with Crippen molar-refractivity contribution in [3.8, 4) is 0 Å².